The molecule has 2 aromatic heterocycles. The van der Waals surface area contributed by atoms with Crippen LogP contribution in [0.1, 0.15) is 47.1 Å². The van der Waals surface area contributed by atoms with E-state index in [9.17, 15) is 18.0 Å². The molecular formula is C26H24F3N5O2. The fraction of sp³-hybridized carbons (Fsp3) is 0.346. The minimum absolute atomic E-state index is 0.131. The summed E-state index contributed by atoms with van der Waals surface area (Å²) in [5.74, 6) is -3.61. The molecule has 4 aromatic rings. The highest BCUT2D eigenvalue weighted by Crippen LogP contribution is 2.45. The molecule has 2 aliphatic rings. The Bertz CT molecular complexity index is 1520. The normalized spacial score (nSPS) is 19.0. The molecule has 2 atom stereocenters. The highest BCUT2D eigenvalue weighted by Gasteiger charge is 2.44. The minimum Gasteiger partial charge on any atom is -0.496 e. The molecule has 0 spiro atoms. The second-order valence-corrected chi connectivity index (χ2v) is 9.43. The van der Waals surface area contributed by atoms with Gasteiger partial charge in [-0.15, -0.1) is 0 Å². The summed E-state index contributed by atoms with van der Waals surface area (Å²) >= 11 is 0. The SMILES string of the molecule is COc1cccc2c1c(C(=O)N1C3CCCC1c1nn(C)c(-c4cc(F)c(F)c(F)c4)c1C3)nn2C. The van der Waals surface area contributed by atoms with E-state index in [0.29, 0.717) is 41.1 Å². The largest absolute Gasteiger partial charge is 0.496 e. The van der Waals surface area contributed by atoms with Crippen molar-refractivity contribution in [1.82, 2.24) is 24.5 Å². The van der Waals surface area contributed by atoms with Gasteiger partial charge in [0.1, 0.15) is 5.75 Å². The van der Waals surface area contributed by atoms with Gasteiger partial charge in [-0.3, -0.25) is 14.2 Å². The molecule has 1 amide bonds. The van der Waals surface area contributed by atoms with Gasteiger partial charge in [-0.1, -0.05) is 6.07 Å². The Hall–Kier alpha value is -3.82. The lowest BCUT2D eigenvalue weighted by Crippen LogP contribution is -2.50. The molecular weight excluding hydrogens is 471 g/mol. The van der Waals surface area contributed by atoms with Crippen LogP contribution in [0.5, 0.6) is 5.75 Å². The third-order valence-corrected chi connectivity index (χ3v) is 7.43. The molecule has 7 nitrogen and oxygen atoms in total. The van der Waals surface area contributed by atoms with E-state index in [1.54, 1.807) is 30.6 Å². The number of piperidine rings is 1. The van der Waals surface area contributed by atoms with Crippen LogP contribution in [0.4, 0.5) is 13.2 Å². The molecule has 186 valence electrons. The van der Waals surface area contributed by atoms with E-state index in [0.717, 1.165) is 36.1 Å². The van der Waals surface area contributed by atoms with Gasteiger partial charge in [0.25, 0.3) is 5.91 Å². The number of hydrogen-bond acceptors (Lipinski definition) is 4. The Morgan fingerprint density at radius 1 is 1.06 bits per heavy atom. The van der Waals surface area contributed by atoms with Crippen molar-refractivity contribution in [1.29, 1.82) is 0 Å². The highest BCUT2D eigenvalue weighted by molar-refractivity contribution is 6.07. The predicted molar refractivity (Wildman–Crippen MR) is 126 cm³/mol. The molecule has 36 heavy (non-hydrogen) atoms. The molecule has 4 heterocycles. The molecule has 0 N–H and O–H groups in total. The number of hydrogen-bond donors (Lipinski definition) is 0. The molecule has 2 aliphatic heterocycles. The number of ether oxygens (including phenoxy) is 1. The van der Waals surface area contributed by atoms with Crippen LogP contribution in [-0.4, -0.2) is 43.5 Å². The van der Waals surface area contributed by atoms with Crippen LogP contribution in [0, 0.1) is 17.5 Å². The van der Waals surface area contributed by atoms with Gasteiger partial charge >= 0.3 is 0 Å². The molecule has 10 heteroatoms. The molecule has 0 radical (unpaired) electrons. The van der Waals surface area contributed by atoms with Crippen LogP contribution in [0.3, 0.4) is 0 Å². The number of methoxy groups -OCH3 is 1. The van der Waals surface area contributed by atoms with E-state index in [2.05, 4.69) is 5.10 Å². The fourth-order valence-corrected chi connectivity index (χ4v) is 5.93. The summed E-state index contributed by atoms with van der Waals surface area (Å²) in [6.07, 6.45) is 2.89. The Morgan fingerprint density at radius 3 is 2.53 bits per heavy atom. The van der Waals surface area contributed by atoms with E-state index < -0.39 is 17.5 Å². The second kappa shape index (κ2) is 8.11. The lowest BCUT2D eigenvalue weighted by molar-refractivity contribution is 0.0387. The van der Waals surface area contributed by atoms with Crippen LogP contribution in [-0.2, 0) is 20.5 Å². The molecule has 0 saturated carbocycles. The second-order valence-electron chi connectivity index (χ2n) is 9.43. The molecule has 6 rings (SSSR count). The van der Waals surface area contributed by atoms with Crippen molar-refractivity contribution in [2.75, 3.05) is 7.11 Å². The number of carbonyl (C=O) groups excluding carboxylic acids is 1. The van der Waals surface area contributed by atoms with Crippen molar-refractivity contribution in [3.05, 3.63) is 64.7 Å². The number of amides is 1. The standard InChI is InChI=1S/C26H24F3N5O2/c1-32-18-7-5-9-20(36-3)21(18)24(31-32)26(35)34-14-6-4-8-19(34)23-15(12-14)25(33(2)30-23)13-10-16(27)22(29)17(28)11-13/h5,7,9-11,14,19H,4,6,8,12H2,1-3H3. The van der Waals surface area contributed by atoms with E-state index >= 15 is 0 Å². The summed E-state index contributed by atoms with van der Waals surface area (Å²) < 4.78 is 50.5. The van der Waals surface area contributed by atoms with Crippen molar-refractivity contribution in [2.24, 2.45) is 14.1 Å². The van der Waals surface area contributed by atoms with Gasteiger partial charge in [-0.2, -0.15) is 10.2 Å². The number of fused-ring (bicyclic) bond motifs is 5. The maximum Gasteiger partial charge on any atom is 0.275 e. The topological polar surface area (TPSA) is 65.2 Å². The predicted octanol–water partition coefficient (Wildman–Crippen LogP) is 4.69. The van der Waals surface area contributed by atoms with Crippen LogP contribution in [0.2, 0.25) is 0 Å². The molecule has 1 saturated heterocycles. The van der Waals surface area contributed by atoms with Crippen molar-refractivity contribution in [2.45, 2.75) is 37.8 Å². The zero-order valence-corrected chi connectivity index (χ0v) is 20.1. The number of halogens is 3. The monoisotopic (exact) mass is 495 g/mol. The number of aromatic nitrogens is 4. The Labute approximate surface area is 205 Å². The molecule has 2 aromatic carbocycles. The third kappa shape index (κ3) is 3.16. The quantitative estimate of drug-likeness (QED) is 0.387. The number of carbonyl (C=O) groups is 1. The molecule has 1 fully saturated rings. The van der Waals surface area contributed by atoms with Crippen LogP contribution >= 0.6 is 0 Å². The summed E-state index contributed by atoms with van der Waals surface area (Å²) in [7, 11) is 5.05. The first kappa shape index (κ1) is 22.6. The third-order valence-electron chi connectivity index (χ3n) is 7.43. The zero-order chi connectivity index (χ0) is 25.3. The number of rotatable bonds is 3. The van der Waals surface area contributed by atoms with Gasteiger partial charge in [-0.25, -0.2) is 13.2 Å². The molecule has 2 bridgehead atoms. The average molecular weight is 496 g/mol. The van der Waals surface area contributed by atoms with Crippen LogP contribution in [0.25, 0.3) is 22.2 Å². The smallest absolute Gasteiger partial charge is 0.275 e. The Balaban J connectivity index is 1.46. The summed E-state index contributed by atoms with van der Waals surface area (Å²) in [6, 6.07) is 7.11. The highest BCUT2D eigenvalue weighted by atomic mass is 19.2. The van der Waals surface area contributed by atoms with Gasteiger partial charge in [0.2, 0.25) is 0 Å². The summed E-state index contributed by atoms with van der Waals surface area (Å²) in [6.45, 7) is 0. The molecule has 0 aliphatic carbocycles. The summed E-state index contributed by atoms with van der Waals surface area (Å²) in [4.78, 5) is 15.9. The maximum atomic E-state index is 14.1. The maximum absolute atomic E-state index is 14.1. The van der Waals surface area contributed by atoms with Crippen LogP contribution in [0.15, 0.2) is 30.3 Å². The number of benzene rings is 2. The first-order valence-electron chi connectivity index (χ1n) is 11.8. The summed E-state index contributed by atoms with van der Waals surface area (Å²) in [5.41, 5.74) is 3.42. The first-order valence-corrected chi connectivity index (χ1v) is 11.8. The first-order chi connectivity index (χ1) is 17.3. The lowest BCUT2D eigenvalue weighted by Gasteiger charge is -2.45. The van der Waals surface area contributed by atoms with Gasteiger partial charge < -0.3 is 9.64 Å². The Kier molecular flexibility index (Phi) is 5.10. The molecule has 2 unspecified atom stereocenters. The van der Waals surface area contributed by atoms with Gasteiger partial charge in [0.05, 0.1) is 35.4 Å². The lowest BCUT2D eigenvalue weighted by atomic mass is 9.81. The van der Waals surface area contributed by atoms with Crippen molar-refractivity contribution in [3.8, 4) is 17.0 Å². The van der Waals surface area contributed by atoms with E-state index in [1.807, 2.05) is 23.1 Å². The zero-order valence-electron chi connectivity index (χ0n) is 20.1. The van der Waals surface area contributed by atoms with E-state index in [1.165, 1.54) is 0 Å². The van der Waals surface area contributed by atoms with Crippen molar-refractivity contribution in [3.63, 3.8) is 0 Å². The van der Waals surface area contributed by atoms with Gasteiger partial charge in [-0.05, 0) is 49.9 Å². The van der Waals surface area contributed by atoms with Crippen LogP contribution < -0.4 is 4.74 Å². The fourth-order valence-electron chi connectivity index (χ4n) is 5.93. The van der Waals surface area contributed by atoms with Gasteiger partial charge in [0, 0.05) is 31.3 Å². The minimum atomic E-state index is -1.50. The number of aryl methyl sites for hydroxylation is 2. The summed E-state index contributed by atoms with van der Waals surface area (Å²) in [5, 5.41) is 9.91. The van der Waals surface area contributed by atoms with E-state index in [-0.39, 0.29) is 23.6 Å². The van der Waals surface area contributed by atoms with Gasteiger partial charge in [0.15, 0.2) is 23.1 Å². The van der Waals surface area contributed by atoms with E-state index in [4.69, 9.17) is 9.84 Å². The average Bonchev–Trinajstić information content (AvgIpc) is 3.37. The number of nitrogens with zero attached hydrogens (tertiary/aromatic N) is 5. The van der Waals surface area contributed by atoms with Crippen molar-refractivity contribution < 1.29 is 22.7 Å². The Morgan fingerprint density at radius 2 is 1.81 bits per heavy atom. The van der Waals surface area contributed by atoms with Crippen molar-refractivity contribution >= 4 is 16.8 Å².